The summed E-state index contributed by atoms with van der Waals surface area (Å²) in [6, 6.07) is 7.49. The number of carbonyl (C=O) groups excluding carboxylic acids is 2. The summed E-state index contributed by atoms with van der Waals surface area (Å²) < 4.78 is 142. The minimum Gasteiger partial charge on any atom is -0.545 e. The Labute approximate surface area is 271 Å². The lowest BCUT2D eigenvalue weighted by Gasteiger charge is -2.40. The van der Waals surface area contributed by atoms with Gasteiger partial charge in [0.05, 0.1) is 11.5 Å². The van der Waals surface area contributed by atoms with Gasteiger partial charge in [-0.1, -0.05) is 26.0 Å². The number of ether oxygens (including phenoxy) is 1. The second kappa shape index (κ2) is 10.4. The molecule has 0 bridgehead atoms. The molecule has 4 aliphatic rings. The second-order valence-electron chi connectivity index (χ2n) is 11.6. The smallest absolute Gasteiger partial charge is 0.338 e. The van der Waals surface area contributed by atoms with Crippen LogP contribution in [-0.2, 0) is 10.2 Å². The minimum absolute atomic E-state index is 0.0746. The quantitative estimate of drug-likeness (QED) is 0.356. The fourth-order valence-electron chi connectivity index (χ4n) is 5.44. The predicted molar refractivity (Wildman–Crippen MR) is 164 cm³/mol. The van der Waals surface area contributed by atoms with Crippen molar-refractivity contribution in [1.82, 2.24) is 0 Å². The molecule has 6 nitrogen and oxygen atoms in total. The molecule has 2 saturated heterocycles. The molecule has 0 unspecified atom stereocenters. The fraction of sp³-hybridized carbons (Fsp3) is 0.417. The normalized spacial score (nSPS) is 34.8. The number of carboxylic acids is 1. The summed E-state index contributed by atoms with van der Waals surface area (Å²) in [5.41, 5.74) is -2.57. The van der Waals surface area contributed by atoms with Crippen LogP contribution in [0.2, 0.25) is 0 Å². The van der Waals surface area contributed by atoms with Crippen LogP contribution in [0.15, 0.2) is 65.8 Å². The van der Waals surface area contributed by atoms with Gasteiger partial charge in [0.15, 0.2) is 5.71 Å². The van der Waals surface area contributed by atoms with Gasteiger partial charge in [-0.3, -0.25) is 0 Å². The highest BCUT2D eigenvalue weighted by Crippen LogP contribution is 2.51. The first-order valence-electron chi connectivity index (χ1n) is 21.3. The van der Waals surface area contributed by atoms with Crippen LogP contribution < -0.4 is 10.0 Å². The summed E-state index contributed by atoms with van der Waals surface area (Å²) in [5.74, 6) is -2.48. The van der Waals surface area contributed by atoms with E-state index >= 15 is 0 Å². The number of fused-ring (bicyclic) bond motifs is 2. The SMILES string of the molecule is [2H]C1([2H])N(c2ccc3c(c2)C(C)(C)C2=CC(=[N+]4C([2H])([2H])C([2H])([2H])C([2H])([2H])C4([2H])[2H])C=CC2=C3c2cc(C(=O)OC(C)(C)C)ccc2C(=O)[O-])C([2H])([2H])C([2H])([2H])C1([2H])[2H]. The summed E-state index contributed by atoms with van der Waals surface area (Å²) in [6.07, 6.45) is -9.67. The molecule has 2 aliphatic heterocycles. The van der Waals surface area contributed by atoms with Crippen LogP contribution >= 0.6 is 0 Å². The number of hydrogen-bond donors (Lipinski definition) is 0. The molecule has 2 aliphatic carbocycles. The zero-order valence-electron chi connectivity index (χ0n) is 39.7. The van der Waals surface area contributed by atoms with Gasteiger partial charge < -0.3 is 19.5 Å². The number of esters is 1. The first-order chi connectivity index (χ1) is 26.0. The molecule has 218 valence electrons. The van der Waals surface area contributed by atoms with Crippen LogP contribution in [0.25, 0.3) is 5.57 Å². The molecule has 0 atom stereocenters. The van der Waals surface area contributed by atoms with Crippen molar-refractivity contribution in [2.75, 3.05) is 30.9 Å². The average molecular weight is 581 g/mol. The molecule has 0 saturated carbocycles. The van der Waals surface area contributed by atoms with Crippen LogP contribution in [0.4, 0.5) is 5.69 Å². The molecule has 6 rings (SSSR count). The van der Waals surface area contributed by atoms with Crippen molar-refractivity contribution in [2.45, 2.75) is 71.1 Å². The lowest BCUT2D eigenvalue weighted by molar-refractivity contribution is -0.504. The highest BCUT2D eigenvalue weighted by molar-refractivity contribution is 6.08. The first kappa shape index (κ1) is 15.0. The van der Waals surface area contributed by atoms with Gasteiger partial charge >= 0.3 is 5.97 Å². The van der Waals surface area contributed by atoms with Gasteiger partial charge in [0, 0.05) is 71.0 Å². The maximum Gasteiger partial charge on any atom is 0.338 e. The largest absolute Gasteiger partial charge is 0.545 e. The van der Waals surface area contributed by atoms with Gasteiger partial charge in [-0.15, -0.1) is 0 Å². The Morgan fingerprint density at radius 3 is 2.36 bits per heavy atom. The van der Waals surface area contributed by atoms with Crippen molar-refractivity contribution in [1.29, 1.82) is 0 Å². The van der Waals surface area contributed by atoms with Crippen molar-refractivity contribution < 1.29 is 45.9 Å². The van der Waals surface area contributed by atoms with Gasteiger partial charge in [0.1, 0.15) is 24.1 Å². The Hall–Kier alpha value is -3.93. The Balaban J connectivity index is 1.73. The van der Waals surface area contributed by atoms with E-state index in [1.165, 1.54) is 48.6 Å². The summed E-state index contributed by atoms with van der Waals surface area (Å²) in [7, 11) is 0. The Morgan fingerprint density at radius 1 is 0.976 bits per heavy atom. The molecule has 0 N–H and O–H groups in total. The van der Waals surface area contributed by atoms with E-state index < -0.39 is 80.0 Å². The molecular formula is C36H40N2O4. The van der Waals surface area contributed by atoms with E-state index in [4.69, 9.17) is 26.7 Å². The first-order valence-corrected chi connectivity index (χ1v) is 13.3. The third kappa shape index (κ3) is 5.01. The van der Waals surface area contributed by atoms with Crippen LogP contribution in [0.5, 0.6) is 0 Å². The number of aromatic carboxylic acids is 1. The average Bonchev–Trinajstić information content (AvgIpc) is 3.19. The fourth-order valence-corrected chi connectivity index (χ4v) is 5.44. The van der Waals surface area contributed by atoms with E-state index in [2.05, 4.69) is 0 Å². The van der Waals surface area contributed by atoms with Gasteiger partial charge in [-0.2, -0.15) is 0 Å². The van der Waals surface area contributed by atoms with Crippen molar-refractivity contribution in [3.63, 3.8) is 0 Å². The number of allylic oxidation sites excluding steroid dienone is 5. The third-order valence-electron chi connectivity index (χ3n) is 7.35. The molecule has 2 fully saturated rings. The molecule has 0 spiro atoms. The molecule has 0 amide bonds. The zero-order chi connectivity index (χ0) is 44.2. The summed E-state index contributed by atoms with van der Waals surface area (Å²) in [6.45, 7) is -4.97. The molecule has 0 radical (unpaired) electrons. The lowest BCUT2D eigenvalue weighted by atomic mass is 9.64. The second-order valence-corrected chi connectivity index (χ2v) is 11.6. The van der Waals surface area contributed by atoms with Crippen LogP contribution in [0.3, 0.4) is 0 Å². The highest BCUT2D eigenvalue weighted by Gasteiger charge is 2.40. The number of hydrogen-bond acceptors (Lipinski definition) is 5. The van der Waals surface area contributed by atoms with Crippen molar-refractivity contribution in [3.8, 4) is 0 Å². The molecule has 2 aromatic carbocycles. The van der Waals surface area contributed by atoms with E-state index in [-0.39, 0.29) is 50.4 Å². The zero-order valence-corrected chi connectivity index (χ0v) is 23.7. The maximum absolute atomic E-state index is 13.3. The number of nitrogens with zero attached hydrogens (tertiary/aromatic N) is 2. The van der Waals surface area contributed by atoms with Crippen molar-refractivity contribution in [3.05, 3.63) is 93.6 Å². The van der Waals surface area contributed by atoms with E-state index in [9.17, 15) is 14.7 Å². The van der Waals surface area contributed by atoms with Gasteiger partial charge in [-0.25, -0.2) is 9.37 Å². The number of anilines is 1. The Bertz CT molecular complexity index is 2260. The maximum atomic E-state index is 13.3. The van der Waals surface area contributed by atoms with Crippen LogP contribution in [0.1, 0.15) is 119 Å². The van der Waals surface area contributed by atoms with E-state index in [0.29, 0.717) is 9.48 Å². The minimum atomic E-state index is -3.39. The van der Waals surface area contributed by atoms with Gasteiger partial charge in [0.25, 0.3) is 0 Å². The number of rotatable bonds is 4. The monoisotopic (exact) mass is 580 g/mol. The number of carbonyl (C=O) groups is 2. The molecule has 2 heterocycles. The Morgan fingerprint density at radius 2 is 1.69 bits per heavy atom. The standard InChI is InChI=1S/C36H40N2O4/c1-35(2,3)42-34(41)23-10-13-26(33(39)40)29(20-23)32-27-14-11-24(37-16-6-7-17-37)21-30(27)36(4,5)31-22-25(12-15-28(31)32)38-18-8-9-19-38/h10-15,20-22H,6-9,16-19H2,1-5H3/i6D2,7D2,8D2,9D2,16D2,17D2,18D2,19D2. The van der Waals surface area contributed by atoms with Crippen molar-refractivity contribution >= 4 is 28.9 Å². The molecular weight excluding hydrogens is 524 g/mol. The topological polar surface area (TPSA) is 72.7 Å². The molecule has 2 aromatic rings. The highest BCUT2D eigenvalue weighted by atomic mass is 16.6. The number of benzene rings is 2. The van der Waals surface area contributed by atoms with Crippen LogP contribution in [0, 0.1) is 0 Å². The van der Waals surface area contributed by atoms with Crippen LogP contribution in [-0.4, -0.2) is 53.8 Å². The Kier molecular flexibility index (Phi) is 3.72. The lowest BCUT2D eigenvalue weighted by Crippen LogP contribution is -2.32. The van der Waals surface area contributed by atoms with Gasteiger partial charge in [0.2, 0.25) is 0 Å². The van der Waals surface area contributed by atoms with Gasteiger partial charge in [-0.05, 0) is 97.3 Å². The number of carboxylic acid groups (broad SMARTS) is 1. The predicted octanol–water partition coefficient (Wildman–Crippen LogP) is 5.44. The van der Waals surface area contributed by atoms with E-state index in [1.807, 2.05) is 0 Å². The van der Waals surface area contributed by atoms with E-state index in [0.717, 1.165) is 6.07 Å². The summed E-state index contributed by atoms with van der Waals surface area (Å²) >= 11 is 0. The molecule has 0 aromatic heterocycles. The summed E-state index contributed by atoms with van der Waals surface area (Å²) in [5, 5.41) is 12.7. The third-order valence-corrected chi connectivity index (χ3v) is 7.35. The van der Waals surface area contributed by atoms with Crippen molar-refractivity contribution in [2.24, 2.45) is 0 Å². The van der Waals surface area contributed by atoms with E-state index in [1.54, 1.807) is 34.6 Å². The molecule has 42 heavy (non-hydrogen) atoms. The summed E-state index contributed by atoms with van der Waals surface area (Å²) in [4.78, 5) is 26.4. The molecule has 6 heteroatoms.